The van der Waals surface area contributed by atoms with E-state index in [0.29, 0.717) is 18.8 Å². The Morgan fingerprint density at radius 2 is 1.97 bits per heavy atom. The number of nitrogens with zero attached hydrogens (tertiary/aromatic N) is 3. The highest BCUT2D eigenvalue weighted by Gasteiger charge is 2.21. The number of hydrogen-bond donors (Lipinski definition) is 2. The van der Waals surface area contributed by atoms with E-state index in [2.05, 4.69) is 51.7 Å². The van der Waals surface area contributed by atoms with Crippen molar-refractivity contribution >= 4 is 34.1 Å². The van der Waals surface area contributed by atoms with E-state index in [1.807, 2.05) is 30.3 Å². The average molecular weight is 446 g/mol. The molecule has 0 saturated heterocycles. The van der Waals surface area contributed by atoms with Gasteiger partial charge in [-0.3, -0.25) is 9.69 Å². The number of carbonyl (C=O) groups is 1. The summed E-state index contributed by atoms with van der Waals surface area (Å²) in [6.07, 6.45) is 1.67. The van der Waals surface area contributed by atoms with E-state index in [4.69, 9.17) is 4.42 Å². The first kappa shape index (κ1) is 22.3. The number of likely N-dealkylation sites (N-methyl/N-ethyl adjacent to an activating group) is 1. The van der Waals surface area contributed by atoms with E-state index in [1.165, 1.54) is 28.7 Å². The van der Waals surface area contributed by atoms with Crippen LogP contribution in [-0.4, -0.2) is 46.4 Å². The fraction of sp³-hybridized carbons (Fsp3) is 0.381. The topological polar surface area (TPSA) is 83.3 Å². The molecule has 0 fully saturated rings. The van der Waals surface area contributed by atoms with Crippen molar-refractivity contribution in [3.63, 3.8) is 0 Å². The Labute approximate surface area is 185 Å². The number of benzene rings is 1. The second kappa shape index (κ2) is 11.7. The summed E-state index contributed by atoms with van der Waals surface area (Å²) in [4.78, 5) is 14.6. The second-order valence-corrected chi connectivity index (χ2v) is 8.76. The van der Waals surface area contributed by atoms with E-state index in [9.17, 15) is 4.79 Å². The Balaban J connectivity index is 1.44. The van der Waals surface area contributed by atoms with Crippen molar-refractivity contribution in [2.75, 3.05) is 30.7 Å². The third-order valence-electron chi connectivity index (χ3n) is 4.64. The van der Waals surface area contributed by atoms with Gasteiger partial charge in [0.05, 0.1) is 18.1 Å². The molecule has 2 aromatic heterocycles. The van der Waals surface area contributed by atoms with Gasteiger partial charge in [0.25, 0.3) is 0 Å². The summed E-state index contributed by atoms with van der Waals surface area (Å²) in [6.45, 7) is 7.19. The van der Waals surface area contributed by atoms with Crippen molar-refractivity contribution in [1.82, 2.24) is 20.4 Å². The number of furan rings is 1. The van der Waals surface area contributed by atoms with Crippen LogP contribution >= 0.6 is 23.1 Å². The van der Waals surface area contributed by atoms with E-state index in [0.717, 1.165) is 28.3 Å². The van der Waals surface area contributed by atoms with Gasteiger partial charge in [-0.15, -0.1) is 10.2 Å². The summed E-state index contributed by atoms with van der Waals surface area (Å²) >= 11 is 2.85. The fourth-order valence-electron chi connectivity index (χ4n) is 3.06. The van der Waals surface area contributed by atoms with Crippen molar-refractivity contribution < 1.29 is 9.21 Å². The molecule has 1 atom stereocenters. The first-order chi connectivity index (χ1) is 14.7. The lowest BCUT2D eigenvalue weighted by atomic mass is 10.2. The van der Waals surface area contributed by atoms with Crippen LogP contribution in [0.3, 0.4) is 0 Å². The van der Waals surface area contributed by atoms with Gasteiger partial charge < -0.3 is 15.1 Å². The van der Waals surface area contributed by atoms with Gasteiger partial charge >= 0.3 is 0 Å². The molecule has 0 bridgehead atoms. The van der Waals surface area contributed by atoms with Crippen LogP contribution in [0.4, 0.5) is 5.13 Å². The third kappa shape index (κ3) is 6.58. The highest BCUT2D eigenvalue weighted by Crippen LogP contribution is 2.26. The van der Waals surface area contributed by atoms with Gasteiger partial charge in [-0.1, -0.05) is 67.3 Å². The summed E-state index contributed by atoms with van der Waals surface area (Å²) < 4.78 is 6.35. The van der Waals surface area contributed by atoms with Gasteiger partial charge in [-0.05, 0) is 30.8 Å². The number of anilines is 1. The molecule has 0 aliphatic rings. The molecule has 0 aliphatic carbocycles. The third-order valence-corrected chi connectivity index (χ3v) is 6.65. The molecule has 160 valence electrons. The SMILES string of the molecule is CCN(CC)[C@@H](CNC(=O)CSc1nnc(NCc2ccccc2)s1)c1ccco1. The zero-order valence-corrected chi connectivity index (χ0v) is 18.8. The zero-order valence-electron chi connectivity index (χ0n) is 17.2. The fourth-order valence-corrected chi connectivity index (χ4v) is 4.63. The molecule has 9 heteroatoms. The minimum absolute atomic E-state index is 0.0271. The summed E-state index contributed by atoms with van der Waals surface area (Å²) in [6, 6.07) is 14.0. The van der Waals surface area contributed by atoms with Crippen LogP contribution in [0.5, 0.6) is 0 Å². The Bertz CT molecular complexity index is 882. The van der Waals surface area contributed by atoms with Crippen molar-refractivity contribution in [2.24, 2.45) is 0 Å². The van der Waals surface area contributed by atoms with Gasteiger partial charge in [0, 0.05) is 13.1 Å². The van der Waals surface area contributed by atoms with Crippen LogP contribution in [0.1, 0.15) is 31.2 Å². The monoisotopic (exact) mass is 445 g/mol. The average Bonchev–Trinajstić information content (AvgIpc) is 3.47. The number of thioether (sulfide) groups is 1. The Morgan fingerprint density at radius 3 is 2.67 bits per heavy atom. The summed E-state index contributed by atoms with van der Waals surface area (Å²) in [5, 5.41) is 15.3. The van der Waals surface area contributed by atoms with Crippen molar-refractivity contribution in [1.29, 1.82) is 0 Å². The number of hydrogen-bond acceptors (Lipinski definition) is 8. The van der Waals surface area contributed by atoms with Crippen molar-refractivity contribution in [3.05, 3.63) is 60.1 Å². The number of amides is 1. The van der Waals surface area contributed by atoms with Crippen LogP contribution in [-0.2, 0) is 11.3 Å². The predicted octanol–water partition coefficient (Wildman–Crippen LogP) is 4.03. The summed E-state index contributed by atoms with van der Waals surface area (Å²) in [7, 11) is 0. The van der Waals surface area contributed by atoms with Crippen LogP contribution < -0.4 is 10.6 Å². The molecule has 2 N–H and O–H groups in total. The summed E-state index contributed by atoms with van der Waals surface area (Å²) in [5.41, 5.74) is 1.18. The first-order valence-corrected chi connectivity index (χ1v) is 11.8. The minimum atomic E-state index is -0.0299. The molecular formula is C21H27N5O2S2. The predicted molar refractivity (Wildman–Crippen MR) is 122 cm³/mol. The largest absolute Gasteiger partial charge is 0.468 e. The number of rotatable bonds is 12. The normalized spacial score (nSPS) is 12.1. The molecular weight excluding hydrogens is 418 g/mol. The lowest BCUT2D eigenvalue weighted by molar-refractivity contribution is -0.118. The smallest absolute Gasteiger partial charge is 0.230 e. The van der Waals surface area contributed by atoms with Crippen LogP contribution in [0.15, 0.2) is 57.5 Å². The summed E-state index contributed by atoms with van der Waals surface area (Å²) in [5.74, 6) is 1.14. The van der Waals surface area contributed by atoms with Gasteiger partial charge in [0.1, 0.15) is 5.76 Å². The van der Waals surface area contributed by atoms with E-state index >= 15 is 0 Å². The molecule has 1 aromatic carbocycles. The first-order valence-electron chi connectivity index (χ1n) is 9.97. The Hall–Kier alpha value is -2.36. The molecule has 0 unspecified atom stereocenters. The lowest BCUT2D eigenvalue weighted by Gasteiger charge is -2.28. The molecule has 0 radical (unpaired) electrons. The molecule has 2 heterocycles. The molecule has 3 aromatic rings. The Morgan fingerprint density at radius 1 is 1.17 bits per heavy atom. The van der Waals surface area contributed by atoms with Gasteiger partial charge in [-0.2, -0.15) is 0 Å². The van der Waals surface area contributed by atoms with Gasteiger partial charge in [0.2, 0.25) is 11.0 Å². The lowest BCUT2D eigenvalue weighted by Crippen LogP contribution is -2.38. The molecule has 7 nitrogen and oxygen atoms in total. The van der Waals surface area contributed by atoms with Crippen LogP contribution in [0, 0.1) is 0 Å². The van der Waals surface area contributed by atoms with E-state index in [1.54, 1.807) is 6.26 Å². The molecule has 0 saturated carbocycles. The number of nitrogens with one attached hydrogen (secondary N) is 2. The standard InChI is InChI=1S/C21H27N5O2S2/c1-3-26(4-2)17(18-11-8-12-28-18)14-22-19(27)15-29-21-25-24-20(30-21)23-13-16-9-6-5-7-10-16/h5-12,17H,3-4,13-15H2,1-2H3,(H,22,27)(H,23,24)/t17-/m0/s1. The molecule has 3 rings (SSSR count). The van der Waals surface area contributed by atoms with Crippen molar-refractivity contribution in [2.45, 2.75) is 30.8 Å². The highest BCUT2D eigenvalue weighted by molar-refractivity contribution is 8.01. The molecule has 30 heavy (non-hydrogen) atoms. The maximum absolute atomic E-state index is 12.4. The van der Waals surface area contributed by atoms with Crippen LogP contribution in [0.2, 0.25) is 0 Å². The number of carbonyl (C=O) groups excluding carboxylic acids is 1. The molecule has 1 amide bonds. The van der Waals surface area contributed by atoms with Crippen molar-refractivity contribution in [3.8, 4) is 0 Å². The van der Waals surface area contributed by atoms with E-state index < -0.39 is 0 Å². The van der Waals surface area contributed by atoms with Gasteiger partial charge in [0.15, 0.2) is 4.34 Å². The van der Waals surface area contributed by atoms with Gasteiger partial charge in [-0.25, -0.2) is 0 Å². The second-order valence-electron chi connectivity index (χ2n) is 6.56. The molecule has 0 spiro atoms. The maximum Gasteiger partial charge on any atom is 0.230 e. The number of aromatic nitrogens is 2. The maximum atomic E-state index is 12.4. The quantitative estimate of drug-likeness (QED) is 0.407. The Kier molecular flexibility index (Phi) is 8.73. The minimum Gasteiger partial charge on any atom is -0.468 e. The highest BCUT2D eigenvalue weighted by atomic mass is 32.2. The molecule has 0 aliphatic heterocycles. The zero-order chi connectivity index (χ0) is 21.2. The van der Waals surface area contributed by atoms with E-state index in [-0.39, 0.29) is 11.9 Å². The van der Waals surface area contributed by atoms with Crippen LogP contribution in [0.25, 0.3) is 0 Å².